The Balaban J connectivity index is 2.05. The van der Waals surface area contributed by atoms with E-state index in [4.69, 9.17) is 0 Å². The number of benzene rings is 1. The molecule has 0 aliphatic carbocycles. The van der Waals surface area contributed by atoms with Gasteiger partial charge < -0.3 is 19.4 Å². The number of hydrogen-bond acceptors (Lipinski definition) is 16. The normalized spacial score (nSPS) is 12.6. The van der Waals surface area contributed by atoms with Gasteiger partial charge in [0.1, 0.15) is 25.4 Å². The number of aromatic nitrogens is 2. The minimum atomic E-state index is -1.76. The van der Waals surface area contributed by atoms with Crippen molar-refractivity contribution in [2.45, 2.75) is 25.3 Å². The summed E-state index contributed by atoms with van der Waals surface area (Å²) < 4.78 is 0.861. The molecule has 0 bridgehead atoms. The minimum absolute atomic E-state index is 0.401. The van der Waals surface area contributed by atoms with Crippen molar-refractivity contribution < 1.29 is 39.7 Å². The fraction of sp³-hybridized carbons (Fsp3) is 0.375. The highest BCUT2D eigenvalue weighted by atomic mass is 17.0. The first-order valence-electron chi connectivity index (χ1n) is 9.87. The van der Waals surface area contributed by atoms with E-state index < -0.39 is 103 Å². The van der Waals surface area contributed by atoms with Crippen LogP contribution in [0.15, 0.2) is 31.3 Å². The van der Waals surface area contributed by atoms with Crippen LogP contribution in [0.2, 0.25) is 0 Å². The predicted octanol–water partition coefficient (Wildman–Crippen LogP) is -2.52. The summed E-state index contributed by atoms with van der Waals surface area (Å²) in [7, 11) is 0. The number of rotatable bonds is 14. The van der Waals surface area contributed by atoms with Crippen LogP contribution in [-0.4, -0.2) is 54.9 Å². The van der Waals surface area contributed by atoms with E-state index in [1.807, 2.05) is 0 Å². The predicted molar refractivity (Wildman–Crippen MR) is 115 cm³/mol. The van der Waals surface area contributed by atoms with Crippen LogP contribution in [0.4, 0.5) is 0 Å². The van der Waals surface area contributed by atoms with Gasteiger partial charge in [0.2, 0.25) is 0 Å². The summed E-state index contributed by atoms with van der Waals surface area (Å²) in [6.45, 7) is -3.76. The van der Waals surface area contributed by atoms with Crippen molar-refractivity contribution in [3.8, 4) is 0 Å². The van der Waals surface area contributed by atoms with Crippen LogP contribution in [0.5, 0.6) is 0 Å². The summed E-state index contributed by atoms with van der Waals surface area (Å²) in [5.41, 5.74) is -4.34. The Morgan fingerprint density at radius 1 is 0.579 bits per heavy atom. The van der Waals surface area contributed by atoms with Gasteiger partial charge in [-0.1, -0.05) is 0 Å². The molecular weight excluding hydrogens is 532 g/mol. The van der Waals surface area contributed by atoms with Gasteiger partial charge >= 0.3 is 0 Å². The third-order valence-electron chi connectivity index (χ3n) is 5.03. The summed E-state index contributed by atoms with van der Waals surface area (Å²) in [6.07, 6.45) is -3.52. The zero-order chi connectivity index (χ0) is 28.3. The van der Waals surface area contributed by atoms with E-state index in [9.17, 15) is 59.6 Å². The standard InChI is InChI=1S/C16H12N6O16/c23-13-9-1-10-12(16(26)18(14(10)24)4-8(38-22(33)34)6-36-20(29)30)2-11(9)15(25)17(13)3-7(37-21(31)32)5-35-19(27)28/h1-2,7-8H,3-6H2. The van der Waals surface area contributed by atoms with E-state index in [1.165, 1.54) is 0 Å². The monoisotopic (exact) mass is 544 g/mol. The molecule has 0 amide bonds. The van der Waals surface area contributed by atoms with Crippen molar-refractivity contribution >= 4 is 21.5 Å². The fourth-order valence-corrected chi connectivity index (χ4v) is 3.58. The second-order valence-electron chi connectivity index (χ2n) is 7.33. The average molecular weight is 544 g/mol. The average Bonchev–Trinajstić information content (AvgIpc) is 3.19. The molecule has 0 N–H and O–H groups in total. The molecule has 0 aliphatic heterocycles. The quantitative estimate of drug-likeness (QED) is 0.149. The van der Waals surface area contributed by atoms with Gasteiger partial charge in [0.25, 0.3) is 42.6 Å². The Bertz CT molecular complexity index is 1450. The van der Waals surface area contributed by atoms with E-state index in [0.29, 0.717) is 9.13 Å². The van der Waals surface area contributed by atoms with Crippen LogP contribution < -0.4 is 22.2 Å². The maximum atomic E-state index is 12.8. The molecule has 2 atom stereocenters. The summed E-state index contributed by atoms with van der Waals surface area (Å²) in [6, 6.07) is 1.75. The van der Waals surface area contributed by atoms with Gasteiger partial charge in [0.05, 0.1) is 34.6 Å². The Morgan fingerprint density at radius 2 is 0.868 bits per heavy atom. The first-order chi connectivity index (χ1) is 17.8. The SMILES string of the molecule is O=c1c2cc3c(=O)n(CC(CO[N+](=O)[O-])O[N+](=O)[O-])c(=O)c3cc2c(=O)n1CC(CO[N+](=O)[O-])O[N+](=O)[O-]. The van der Waals surface area contributed by atoms with Gasteiger partial charge in [-0.05, 0) is 12.1 Å². The lowest BCUT2D eigenvalue weighted by atomic mass is 10.1. The van der Waals surface area contributed by atoms with E-state index in [1.54, 1.807) is 0 Å². The molecule has 2 aromatic heterocycles. The van der Waals surface area contributed by atoms with Crippen LogP contribution in [0.25, 0.3) is 21.5 Å². The minimum Gasteiger partial charge on any atom is -0.311 e. The molecule has 2 unspecified atom stereocenters. The Kier molecular flexibility index (Phi) is 7.44. The van der Waals surface area contributed by atoms with Crippen molar-refractivity contribution in [3.05, 3.63) is 94.0 Å². The molecule has 3 aromatic rings. The van der Waals surface area contributed by atoms with Gasteiger partial charge in [0.15, 0.2) is 0 Å². The van der Waals surface area contributed by atoms with E-state index in [2.05, 4.69) is 19.4 Å². The van der Waals surface area contributed by atoms with Crippen LogP contribution in [-0.2, 0) is 32.4 Å². The highest BCUT2D eigenvalue weighted by Gasteiger charge is 2.25. The lowest BCUT2D eigenvalue weighted by Crippen LogP contribution is -2.36. The number of fused-ring (bicyclic) bond motifs is 2. The van der Waals surface area contributed by atoms with Crippen LogP contribution >= 0.6 is 0 Å². The molecule has 3 rings (SSSR count). The highest BCUT2D eigenvalue weighted by molar-refractivity contribution is 5.97. The molecule has 202 valence electrons. The molecule has 0 radical (unpaired) electrons. The van der Waals surface area contributed by atoms with Crippen molar-refractivity contribution in [2.75, 3.05) is 13.2 Å². The van der Waals surface area contributed by atoms with Gasteiger partial charge in [-0.15, -0.1) is 40.5 Å². The molecule has 0 aliphatic rings. The van der Waals surface area contributed by atoms with Crippen LogP contribution in [0, 0.1) is 40.5 Å². The van der Waals surface area contributed by atoms with Gasteiger partial charge in [0, 0.05) is 0 Å². The second kappa shape index (κ2) is 10.5. The zero-order valence-electron chi connectivity index (χ0n) is 18.4. The van der Waals surface area contributed by atoms with Gasteiger partial charge in [-0.2, -0.15) is 0 Å². The lowest BCUT2D eigenvalue weighted by molar-refractivity contribution is -0.790. The maximum absolute atomic E-state index is 12.8. The van der Waals surface area contributed by atoms with Crippen LogP contribution in [0.3, 0.4) is 0 Å². The summed E-state index contributed by atoms with van der Waals surface area (Å²) in [4.78, 5) is 110. The van der Waals surface area contributed by atoms with E-state index in [-0.39, 0.29) is 0 Å². The van der Waals surface area contributed by atoms with Crippen molar-refractivity contribution in [2.24, 2.45) is 0 Å². The largest absolute Gasteiger partial charge is 0.311 e. The fourth-order valence-electron chi connectivity index (χ4n) is 3.58. The number of nitrogens with zero attached hydrogens (tertiary/aromatic N) is 6. The molecule has 1 aromatic carbocycles. The Labute approximate surface area is 203 Å². The van der Waals surface area contributed by atoms with Crippen molar-refractivity contribution in [1.29, 1.82) is 0 Å². The highest BCUT2D eigenvalue weighted by Crippen LogP contribution is 2.15. The molecule has 38 heavy (non-hydrogen) atoms. The third kappa shape index (κ3) is 5.58. The van der Waals surface area contributed by atoms with Gasteiger partial charge in [-0.25, -0.2) is 0 Å². The maximum Gasteiger partial charge on any atom is 0.294 e. The molecule has 22 nitrogen and oxygen atoms in total. The Morgan fingerprint density at radius 3 is 1.11 bits per heavy atom. The molecule has 2 heterocycles. The molecule has 0 spiro atoms. The topological polar surface area (TPSA) is 288 Å². The molecule has 0 saturated carbocycles. The smallest absolute Gasteiger partial charge is 0.294 e. The summed E-state index contributed by atoms with van der Waals surface area (Å²) in [5.74, 6) is 0. The third-order valence-corrected chi connectivity index (χ3v) is 5.03. The molecule has 22 heteroatoms. The molecule has 0 fully saturated rings. The summed E-state index contributed by atoms with van der Waals surface area (Å²) in [5, 5.41) is 35.3. The molecule has 0 saturated heterocycles. The Hall–Kier alpha value is -5.70. The summed E-state index contributed by atoms with van der Waals surface area (Å²) >= 11 is 0. The van der Waals surface area contributed by atoms with Crippen molar-refractivity contribution in [1.82, 2.24) is 9.13 Å². The van der Waals surface area contributed by atoms with Gasteiger partial charge in [-0.3, -0.25) is 28.3 Å². The van der Waals surface area contributed by atoms with E-state index >= 15 is 0 Å². The zero-order valence-corrected chi connectivity index (χ0v) is 18.4. The molecular formula is C16H12N6O16. The first kappa shape index (κ1) is 26.9. The van der Waals surface area contributed by atoms with Crippen molar-refractivity contribution in [3.63, 3.8) is 0 Å². The lowest BCUT2D eigenvalue weighted by Gasteiger charge is -2.13. The number of hydrogen-bond donors (Lipinski definition) is 0. The van der Waals surface area contributed by atoms with Crippen LogP contribution in [0.1, 0.15) is 0 Å². The second-order valence-corrected chi connectivity index (χ2v) is 7.33. The first-order valence-corrected chi connectivity index (χ1v) is 9.87. The van der Waals surface area contributed by atoms with E-state index in [0.717, 1.165) is 12.1 Å².